The zero-order chi connectivity index (χ0) is 19.6. The number of hydroxylamine groups is 1. The number of aryl methyl sites for hydroxylation is 1. The highest BCUT2D eigenvalue weighted by molar-refractivity contribution is 5.89. The molecular formula is C22H25N3O3. The molecule has 2 heterocycles. The molecule has 28 heavy (non-hydrogen) atoms. The zero-order valence-corrected chi connectivity index (χ0v) is 16.2. The van der Waals surface area contributed by atoms with Crippen molar-refractivity contribution in [1.29, 1.82) is 0 Å². The summed E-state index contributed by atoms with van der Waals surface area (Å²) in [5, 5.41) is 2.97. The average molecular weight is 379 g/mol. The quantitative estimate of drug-likeness (QED) is 0.848. The van der Waals surface area contributed by atoms with Gasteiger partial charge >= 0.3 is 6.03 Å². The van der Waals surface area contributed by atoms with Gasteiger partial charge in [-0.05, 0) is 37.3 Å². The van der Waals surface area contributed by atoms with Crippen molar-refractivity contribution in [3.63, 3.8) is 0 Å². The number of nitrogens with zero attached hydrogens (tertiary/aromatic N) is 1. The Bertz CT molecular complexity index is 884. The second-order valence-electron chi connectivity index (χ2n) is 7.34. The number of benzene rings is 2. The minimum atomic E-state index is -0.376. The highest BCUT2D eigenvalue weighted by Gasteiger charge is 2.39. The number of amides is 2. The molecule has 2 aliphatic heterocycles. The highest BCUT2D eigenvalue weighted by atomic mass is 16.7. The summed E-state index contributed by atoms with van der Waals surface area (Å²) in [6.07, 6.45) is 3.63. The van der Waals surface area contributed by atoms with Crippen LogP contribution in [0.4, 0.5) is 10.5 Å². The number of nitrogens with one attached hydrogen (secondary N) is 2. The van der Waals surface area contributed by atoms with Crippen molar-refractivity contribution in [2.24, 2.45) is 0 Å². The van der Waals surface area contributed by atoms with Crippen molar-refractivity contribution in [3.05, 3.63) is 65.7 Å². The van der Waals surface area contributed by atoms with E-state index < -0.39 is 0 Å². The van der Waals surface area contributed by atoms with Gasteiger partial charge < -0.3 is 15.0 Å². The summed E-state index contributed by atoms with van der Waals surface area (Å²) in [7, 11) is 1.66. The number of piperidine rings is 1. The number of hydrogen-bond acceptors (Lipinski definition) is 4. The van der Waals surface area contributed by atoms with Crippen LogP contribution in [0.5, 0.6) is 5.75 Å². The maximum Gasteiger partial charge on any atom is 0.321 e. The van der Waals surface area contributed by atoms with Crippen LogP contribution >= 0.6 is 0 Å². The molecule has 146 valence electrons. The van der Waals surface area contributed by atoms with Crippen molar-refractivity contribution in [3.8, 4) is 5.75 Å². The molecule has 0 radical (unpaired) electrons. The van der Waals surface area contributed by atoms with Crippen LogP contribution in [0.2, 0.25) is 0 Å². The maximum absolute atomic E-state index is 12.5. The highest BCUT2D eigenvalue weighted by Crippen LogP contribution is 2.35. The Balaban J connectivity index is 1.38. The molecule has 2 aromatic carbocycles. The summed E-state index contributed by atoms with van der Waals surface area (Å²) in [4.78, 5) is 20.3. The first-order valence-electron chi connectivity index (χ1n) is 9.51. The number of carbonyl (C=O) groups is 1. The van der Waals surface area contributed by atoms with Gasteiger partial charge in [-0.15, -0.1) is 0 Å². The van der Waals surface area contributed by atoms with Crippen molar-refractivity contribution >= 4 is 17.4 Å². The molecule has 0 atom stereocenters. The molecule has 0 bridgehead atoms. The molecule has 0 aromatic heterocycles. The third kappa shape index (κ3) is 3.82. The molecule has 6 heteroatoms. The molecular weight excluding hydrogens is 354 g/mol. The fourth-order valence-corrected chi connectivity index (χ4v) is 3.59. The number of methoxy groups -OCH3 is 1. The first-order valence-corrected chi connectivity index (χ1v) is 9.51. The fraction of sp³-hybridized carbons (Fsp3) is 0.318. The molecule has 2 N–H and O–H groups in total. The molecule has 4 rings (SSSR count). The Morgan fingerprint density at radius 1 is 1.18 bits per heavy atom. The van der Waals surface area contributed by atoms with Crippen LogP contribution in [0, 0.1) is 6.92 Å². The lowest BCUT2D eigenvalue weighted by Crippen LogP contribution is -2.48. The predicted octanol–water partition coefficient (Wildman–Crippen LogP) is 3.95. The Morgan fingerprint density at radius 3 is 2.64 bits per heavy atom. The van der Waals surface area contributed by atoms with Crippen molar-refractivity contribution in [2.45, 2.75) is 25.4 Å². The smallest absolute Gasteiger partial charge is 0.321 e. The van der Waals surface area contributed by atoms with Gasteiger partial charge in [0.15, 0.2) is 0 Å². The SMILES string of the molecule is COc1cccc(C2=CC3(CCN(C(=O)Nc4ccc(C)cc4)CC3)ON2)c1. The van der Waals surface area contributed by atoms with Crippen LogP contribution < -0.4 is 15.5 Å². The van der Waals surface area contributed by atoms with Crippen LogP contribution in [0.15, 0.2) is 54.6 Å². The molecule has 2 amide bonds. The first kappa shape index (κ1) is 18.4. The van der Waals surface area contributed by atoms with E-state index in [9.17, 15) is 4.79 Å². The maximum atomic E-state index is 12.5. The lowest BCUT2D eigenvalue weighted by atomic mass is 9.90. The summed E-state index contributed by atoms with van der Waals surface area (Å²) < 4.78 is 5.30. The fourth-order valence-electron chi connectivity index (χ4n) is 3.59. The summed E-state index contributed by atoms with van der Waals surface area (Å²) >= 11 is 0. The third-order valence-corrected chi connectivity index (χ3v) is 5.35. The molecule has 1 spiro atoms. The summed E-state index contributed by atoms with van der Waals surface area (Å²) in [6, 6.07) is 15.6. The Labute approximate surface area is 165 Å². The predicted molar refractivity (Wildman–Crippen MR) is 109 cm³/mol. The third-order valence-electron chi connectivity index (χ3n) is 5.35. The van der Waals surface area contributed by atoms with Gasteiger partial charge in [0, 0.05) is 37.2 Å². The van der Waals surface area contributed by atoms with Gasteiger partial charge in [0.25, 0.3) is 0 Å². The molecule has 2 aromatic rings. The van der Waals surface area contributed by atoms with Crippen LogP contribution in [0.3, 0.4) is 0 Å². The van der Waals surface area contributed by atoms with E-state index in [-0.39, 0.29) is 11.6 Å². The van der Waals surface area contributed by atoms with Crippen molar-refractivity contribution in [2.75, 3.05) is 25.5 Å². The Hall–Kier alpha value is -2.99. The molecule has 6 nitrogen and oxygen atoms in total. The number of anilines is 1. The van der Waals surface area contributed by atoms with Gasteiger partial charge in [-0.3, -0.25) is 10.3 Å². The molecule has 0 unspecified atom stereocenters. The largest absolute Gasteiger partial charge is 0.497 e. The van der Waals surface area contributed by atoms with Gasteiger partial charge in [-0.2, -0.15) is 0 Å². The van der Waals surface area contributed by atoms with E-state index in [0.717, 1.165) is 35.5 Å². The van der Waals surface area contributed by atoms with Gasteiger partial charge in [-0.25, -0.2) is 4.79 Å². The van der Waals surface area contributed by atoms with Gasteiger partial charge in [0.1, 0.15) is 11.4 Å². The van der Waals surface area contributed by atoms with Crippen molar-refractivity contribution < 1.29 is 14.4 Å². The molecule has 0 aliphatic carbocycles. The number of hydrogen-bond donors (Lipinski definition) is 2. The summed E-state index contributed by atoms with van der Waals surface area (Å²) in [5.74, 6) is 0.809. The van der Waals surface area contributed by atoms with Crippen LogP contribution in [0.1, 0.15) is 24.0 Å². The van der Waals surface area contributed by atoms with E-state index in [0.29, 0.717) is 13.1 Å². The average Bonchev–Trinajstić information content (AvgIpc) is 3.14. The molecule has 1 fully saturated rings. The summed E-state index contributed by atoms with van der Waals surface area (Å²) in [6.45, 7) is 3.31. The van der Waals surface area contributed by atoms with Crippen LogP contribution in [-0.4, -0.2) is 36.7 Å². The van der Waals surface area contributed by atoms with Gasteiger partial charge in [0.2, 0.25) is 0 Å². The van der Waals surface area contributed by atoms with E-state index in [1.165, 1.54) is 5.56 Å². The number of urea groups is 1. The molecule has 0 saturated carbocycles. The van der Waals surface area contributed by atoms with E-state index in [4.69, 9.17) is 9.57 Å². The van der Waals surface area contributed by atoms with Gasteiger partial charge in [0.05, 0.1) is 12.8 Å². The number of likely N-dealkylation sites (tertiary alicyclic amines) is 1. The van der Waals surface area contributed by atoms with E-state index in [1.807, 2.05) is 60.4 Å². The second kappa shape index (κ2) is 7.56. The topological polar surface area (TPSA) is 62.8 Å². The van der Waals surface area contributed by atoms with Crippen LogP contribution in [0.25, 0.3) is 5.70 Å². The van der Waals surface area contributed by atoms with Crippen LogP contribution in [-0.2, 0) is 4.84 Å². The minimum Gasteiger partial charge on any atom is -0.497 e. The zero-order valence-electron chi connectivity index (χ0n) is 16.2. The molecule has 1 saturated heterocycles. The number of rotatable bonds is 3. The minimum absolute atomic E-state index is 0.0679. The normalized spacial score (nSPS) is 17.8. The standard InChI is InChI=1S/C22H25N3O3/c1-16-6-8-18(9-7-16)23-21(26)25-12-10-22(11-13-25)15-20(24-28-22)17-4-3-5-19(14-17)27-2/h3-9,14-15,24H,10-13H2,1-2H3,(H,23,26). The second-order valence-corrected chi connectivity index (χ2v) is 7.34. The number of carbonyl (C=O) groups excluding carboxylic acids is 1. The van der Waals surface area contributed by atoms with E-state index in [1.54, 1.807) is 7.11 Å². The Morgan fingerprint density at radius 2 is 1.93 bits per heavy atom. The van der Waals surface area contributed by atoms with Crippen molar-refractivity contribution in [1.82, 2.24) is 10.4 Å². The monoisotopic (exact) mass is 379 g/mol. The first-order chi connectivity index (χ1) is 13.6. The van der Waals surface area contributed by atoms with Gasteiger partial charge in [-0.1, -0.05) is 29.8 Å². The Kier molecular flexibility index (Phi) is 4.96. The number of ether oxygens (including phenoxy) is 1. The molecule has 2 aliphatic rings. The van der Waals surface area contributed by atoms with E-state index in [2.05, 4.69) is 16.9 Å². The lowest BCUT2D eigenvalue weighted by Gasteiger charge is -2.36. The lowest BCUT2D eigenvalue weighted by molar-refractivity contribution is -0.0634. The van der Waals surface area contributed by atoms with E-state index >= 15 is 0 Å². The summed E-state index contributed by atoms with van der Waals surface area (Å²) in [5.41, 5.74) is 6.63.